The molecule has 1 N–H and O–H groups in total. The summed E-state index contributed by atoms with van der Waals surface area (Å²) in [5.74, 6) is -0.949. The summed E-state index contributed by atoms with van der Waals surface area (Å²) in [6.45, 7) is 1.37. The molecule has 3 rings (SSSR count). The Kier molecular flexibility index (Phi) is 4.51. The maximum Gasteiger partial charge on any atom is 0.358 e. The van der Waals surface area contributed by atoms with Crippen molar-refractivity contribution in [2.24, 2.45) is 0 Å². The molecule has 2 aromatic heterocycles. The molecule has 122 valence electrons. The van der Waals surface area contributed by atoms with E-state index >= 15 is 0 Å². The smallest absolute Gasteiger partial charge is 0.358 e. The van der Waals surface area contributed by atoms with Gasteiger partial charge in [-0.05, 0) is 16.8 Å². The molecule has 1 amide bonds. The molecule has 5 nitrogen and oxygen atoms in total. The van der Waals surface area contributed by atoms with E-state index in [9.17, 15) is 9.59 Å². The van der Waals surface area contributed by atoms with Crippen LogP contribution in [0.4, 0.5) is 5.69 Å². The second-order valence-electron chi connectivity index (χ2n) is 5.04. The Morgan fingerprint density at radius 3 is 2.75 bits per heavy atom. The molecular formula is C17H13ClN2O3S. The third-order valence-electron chi connectivity index (χ3n) is 3.39. The lowest BCUT2D eigenvalue weighted by atomic mass is 10.1. The fourth-order valence-corrected chi connectivity index (χ4v) is 3.56. The molecule has 7 heteroatoms. The molecule has 0 radical (unpaired) electrons. The van der Waals surface area contributed by atoms with Crippen LogP contribution in [0.5, 0.6) is 0 Å². The number of carbonyl (C=O) groups is 2. The molecule has 0 saturated heterocycles. The molecule has 24 heavy (non-hydrogen) atoms. The number of rotatable bonds is 3. The number of carbonyl (C=O) groups excluding carboxylic acids is 2. The SMILES string of the molecule is COC(=O)c1nc(-c2scc3ccccc23)cc(NC(C)=O)c1Cl. The maximum atomic E-state index is 12.0. The van der Waals surface area contributed by atoms with Gasteiger partial charge in [0.1, 0.15) is 0 Å². The number of halogens is 1. The molecule has 0 aliphatic heterocycles. The first kappa shape index (κ1) is 16.4. The normalized spacial score (nSPS) is 10.6. The van der Waals surface area contributed by atoms with Crippen LogP contribution in [0.3, 0.4) is 0 Å². The number of nitrogens with one attached hydrogen (secondary N) is 1. The van der Waals surface area contributed by atoms with Gasteiger partial charge in [-0.3, -0.25) is 4.79 Å². The number of fused-ring (bicyclic) bond motifs is 1. The molecule has 0 saturated carbocycles. The lowest BCUT2D eigenvalue weighted by Gasteiger charge is -2.11. The van der Waals surface area contributed by atoms with Gasteiger partial charge in [0.15, 0.2) is 5.69 Å². The number of ether oxygens (including phenoxy) is 1. The Balaban J connectivity index is 2.23. The number of esters is 1. The number of hydrogen-bond donors (Lipinski definition) is 1. The van der Waals surface area contributed by atoms with Gasteiger partial charge >= 0.3 is 5.97 Å². The number of hydrogen-bond acceptors (Lipinski definition) is 5. The van der Waals surface area contributed by atoms with Crippen molar-refractivity contribution >= 4 is 51.3 Å². The monoisotopic (exact) mass is 360 g/mol. The van der Waals surface area contributed by atoms with Gasteiger partial charge in [-0.2, -0.15) is 0 Å². The summed E-state index contributed by atoms with van der Waals surface area (Å²) >= 11 is 7.71. The van der Waals surface area contributed by atoms with E-state index in [1.807, 2.05) is 29.6 Å². The molecule has 1 aromatic carbocycles. The van der Waals surface area contributed by atoms with Crippen molar-refractivity contribution in [3.05, 3.63) is 46.4 Å². The van der Waals surface area contributed by atoms with Gasteiger partial charge in [-0.25, -0.2) is 9.78 Å². The van der Waals surface area contributed by atoms with Gasteiger partial charge in [0.25, 0.3) is 0 Å². The molecule has 0 bridgehead atoms. The van der Waals surface area contributed by atoms with E-state index in [0.29, 0.717) is 11.4 Å². The van der Waals surface area contributed by atoms with Crippen LogP contribution < -0.4 is 5.32 Å². The summed E-state index contributed by atoms with van der Waals surface area (Å²) in [4.78, 5) is 28.6. The average molecular weight is 361 g/mol. The highest BCUT2D eigenvalue weighted by atomic mass is 35.5. The summed E-state index contributed by atoms with van der Waals surface area (Å²) in [6, 6.07) is 9.53. The highest BCUT2D eigenvalue weighted by Crippen LogP contribution is 2.37. The van der Waals surface area contributed by atoms with Crippen LogP contribution in [-0.2, 0) is 9.53 Å². The second kappa shape index (κ2) is 6.59. The van der Waals surface area contributed by atoms with E-state index in [2.05, 4.69) is 10.3 Å². The van der Waals surface area contributed by atoms with Gasteiger partial charge in [0.2, 0.25) is 5.91 Å². The van der Waals surface area contributed by atoms with E-state index in [1.54, 1.807) is 6.07 Å². The zero-order valence-corrected chi connectivity index (χ0v) is 14.5. The Bertz CT molecular complexity index is 952. The second-order valence-corrected chi connectivity index (χ2v) is 6.30. The minimum atomic E-state index is -0.658. The quantitative estimate of drug-likeness (QED) is 0.704. The van der Waals surface area contributed by atoms with Gasteiger partial charge in [-0.15, -0.1) is 11.3 Å². The van der Waals surface area contributed by atoms with Crippen molar-refractivity contribution in [2.75, 3.05) is 12.4 Å². The molecule has 3 aromatic rings. The zero-order chi connectivity index (χ0) is 17.3. The summed E-state index contributed by atoms with van der Waals surface area (Å²) < 4.78 is 4.74. The maximum absolute atomic E-state index is 12.0. The average Bonchev–Trinajstić information content (AvgIpc) is 2.99. The summed E-state index contributed by atoms with van der Waals surface area (Å²) in [7, 11) is 1.26. The minimum absolute atomic E-state index is 0.0297. The Morgan fingerprint density at radius 1 is 1.29 bits per heavy atom. The van der Waals surface area contributed by atoms with Crippen LogP contribution in [0.15, 0.2) is 35.7 Å². The van der Waals surface area contributed by atoms with Crippen molar-refractivity contribution in [1.29, 1.82) is 0 Å². The number of thiophene rings is 1. The van der Waals surface area contributed by atoms with E-state index in [1.165, 1.54) is 25.4 Å². The largest absolute Gasteiger partial charge is 0.464 e. The predicted octanol–water partition coefficient (Wildman–Crippen LogP) is 4.36. The Hall–Kier alpha value is -2.44. The van der Waals surface area contributed by atoms with Gasteiger partial charge < -0.3 is 10.1 Å². The fraction of sp³-hybridized carbons (Fsp3) is 0.118. The van der Waals surface area contributed by atoms with Gasteiger partial charge in [0, 0.05) is 12.3 Å². The van der Waals surface area contributed by atoms with Crippen LogP contribution in [0.1, 0.15) is 17.4 Å². The predicted molar refractivity (Wildman–Crippen MR) is 95.7 cm³/mol. The molecule has 0 spiro atoms. The molecule has 0 aliphatic carbocycles. The number of amides is 1. The van der Waals surface area contributed by atoms with Crippen LogP contribution in [0.2, 0.25) is 5.02 Å². The molecule has 0 unspecified atom stereocenters. The van der Waals surface area contributed by atoms with E-state index in [4.69, 9.17) is 16.3 Å². The van der Waals surface area contributed by atoms with Crippen molar-refractivity contribution in [1.82, 2.24) is 4.98 Å². The number of pyridine rings is 1. The van der Waals surface area contributed by atoms with E-state index in [-0.39, 0.29) is 16.6 Å². The third kappa shape index (κ3) is 2.98. The summed E-state index contributed by atoms with van der Waals surface area (Å²) in [5.41, 5.74) is 0.847. The number of anilines is 1. The Morgan fingerprint density at radius 2 is 2.04 bits per heavy atom. The molecular weight excluding hydrogens is 348 g/mol. The van der Waals surface area contributed by atoms with Crippen molar-refractivity contribution in [3.63, 3.8) is 0 Å². The lowest BCUT2D eigenvalue weighted by Crippen LogP contribution is -2.11. The van der Waals surface area contributed by atoms with Crippen molar-refractivity contribution < 1.29 is 14.3 Å². The molecule has 0 aliphatic rings. The summed E-state index contributed by atoms with van der Waals surface area (Å²) in [5, 5.41) is 6.79. The topological polar surface area (TPSA) is 68.3 Å². The van der Waals surface area contributed by atoms with Crippen LogP contribution in [-0.4, -0.2) is 24.0 Å². The van der Waals surface area contributed by atoms with Crippen LogP contribution >= 0.6 is 22.9 Å². The zero-order valence-electron chi connectivity index (χ0n) is 12.9. The molecule has 2 heterocycles. The first-order valence-corrected chi connectivity index (χ1v) is 8.30. The van der Waals surface area contributed by atoms with Crippen molar-refractivity contribution in [3.8, 4) is 10.6 Å². The van der Waals surface area contributed by atoms with E-state index in [0.717, 1.165) is 15.6 Å². The molecule has 0 fully saturated rings. The van der Waals surface area contributed by atoms with Gasteiger partial charge in [-0.1, -0.05) is 35.9 Å². The minimum Gasteiger partial charge on any atom is -0.464 e. The van der Waals surface area contributed by atoms with E-state index < -0.39 is 5.97 Å². The van der Waals surface area contributed by atoms with Crippen LogP contribution in [0.25, 0.3) is 21.3 Å². The summed E-state index contributed by atoms with van der Waals surface area (Å²) in [6.07, 6.45) is 0. The first-order valence-electron chi connectivity index (χ1n) is 7.04. The Labute approximate surface area is 147 Å². The number of methoxy groups -OCH3 is 1. The number of nitrogens with zero attached hydrogens (tertiary/aromatic N) is 1. The third-order valence-corrected chi connectivity index (χ3v) is 4.81. The first-order chi connectivity index (χ1) is 11.5. The molecule has 0 atom stereocenters. The highest BCUT2D eigenvalue weighted by molar-refractivity contribution is 7.15. The fourth-order valence-electron chi connectivity index (χ4n) is 2.35. The van der Waals surface area contributed by atoms with Crippen LogP contribution in [0, 0.1) is 0 Å². The lowest BCUT2D eigenvalue weighted by molar-refractivity contribution is -0.114. The number of benzene rings is 1. The van der Waals surface area contributed by atoms with Gasteiger partial charge in [0.05, 0.1) is 28.4 Å². The number of aromatic nitrogens is 1. The highest BCUT2D eigenvalue weighted by Gasteiger charge is 2.20. The standard InChI is InChI=1S/C17H13ClN2O3S/c1-9(21)19-12-7-13(20-15(14(12)18)17(22)23-2)16-11-6-4-3-5-10(11)8-24-16/h3-8H,1-2H3,(H,19,20,21). The van der Waals surface area contributed by atoms with Crippen molar-refractivity contribution in [2.45, 2.75) is 6.92 Å².